The van der Waals surface area contributed by atoms with Gasteiger partial charge in [-0.05, 0) is 29.7 Å². The highest BCUT2D eigenvalue weighted by Gasteiger charge is 2.09. The standard InChI is InChI=1S/C17H20O3/c1-2-16(19)14-8-9-17(15(10-14)11-18)20-12-13-6-4-3-5-7-13/h3-10,16,18-19H,2,11-12H2,1H3/t16-/m0/s1. The van der Waals surface area contributed by atoms with Crippen molar-refractivity contribution in [2.45, 2.75) is 32.7 Å². The van der Waals surface area contributed by atoms with Gasteiger partial charge in [-0.2, -0.15) is 0 Å². The lowest BCUT2D eigenvalue weighted by Crippen LogP contribution is -2.01. The minimum atomic E-state index is -0.497. The lowest BCUT2D eigenvalue weighted by Gasteiger charge is -2.14. The van der Waals surface area contributed by atoms with Crippen LogP contribution in [0.1, 0.15) is 36.1 Å². The second-order valence-electron chi connectivity index (χ2n) is 4.72. The fraction of sp³-hybridized carbons (Fsp3) is 0.294. The molecule has 0 bridgehead atoms. The van der Waals surface area contributed by atoms with Gasteiger partial charge in [0, 0.05) is 5.56 Å². The van der Waals surface area contributed by atoms with E-state index in [0.29, 0.717) is 24.3 Å². The van der Waals surface area contributed by atoms with Crippen LogP contribution in [0.3, 0.4) is 0 Å². The molecule has 20 heavy (non-hydrogen) atoms. The van der Waals surface area contributed by atoms with Crippen molar-refractivity contribution in [3.05, 3.63) is 65.2 Å². The number of rotatable bonds is 6. The van der Waals surface area contributed by atoms with E-state index in [1.165, 1.54) is 0 Å². The van der Waals surface area contributed by atoms with E-state index < -0.39 is 6.10 Å². The molecule has 0 amide bonds. The van der Waals surface area contributed by atoms with Gasteiger partial charge in [0.25, 0.3) is 0 Å². The van der Waals surface area contributed by atoms with Gasteiger partial charge in [-0.15, -0.1) is 0 Å². The van der Waals surface area contributed by atoms with Gasteiger partial charge < -0.3 is 14.9 Å². The van der Waals surface area contributed by atoms with Crippen LogP contribution in [0, 0.1) is 0 Å². The van der Waals surface area contributed by atoms with Crippen LogP contribution in [0.15, 0.2) is 48.5 Å². The van der Waals surface area contributed by atoms with Crippen molar-refractivity contribution in [1.29, 1.82) is 0 Å². The summed E-state index contributed by atoms with van der Waals surface area (Å²) in [6.07, 6.45) is 0.151. The quantitative estimate of drug-likeness (QED) is 0.849. The van der Waals surface area contributed by atoms with Gasteiger partial charge in [-0.25, -0.2) is 0 Å². The van der Waals surface area contributed by atoms with Gasteiger partial charge in [0.05, 0.1) is 12.7 Å². The maximum atomic E-state index is 9.83. The maximum Gasteiger partial charge on any atom is 0.125 e. The summed E-state index contributed by atoms with van der Waals surface area (Å²) in [5, 5.41) is 19.3. The molecule has 0 aliphatic carbocycles. The third kappa shape index (κ3) is 3.59. The zero-order valence-electron chi connectivity index (χ0n) is 11.6. The predicted molar refractivity (Wildman–Crippen MR) is 78.4 cm³/mol. The Bertz CT molecular complexity index is 537. The van der Waals surface area contributed by atoms with Crippen molar-refractivity contribution in [1.82, 2.24) is 0 Å². The van der Waals surface area contributed by atoms with Crippen LogP contribution in [0.4, 0.5) is 0 Å². The molecule has 0 radical (unpaired) electrons. The molecule has 0 spiro atoms. The molecule has 1 atom stereocenters. The van der Waals surface area contributed by atoms with Crippen molar-refractivity contribution >= 4 is 0 Å². The number of hydrogen-bond donors (Lipinski definition) is 2. The average molecular weight is 272 g/mol. The molecule has 2 N–H and O–H groups in total. The molecule has 3 nitrogen and oxygen atoms in total. The van der Waals surface area contributed by atoms with Gasteiger partial charge in [0.15, 0.2) is 0 Å². The summed E-state index contributed by atoms with van der Waals surface area (Å²) < 4.78 is 5.74. The topological polar surface area (TPSA) is 49.7 Å². The van der Waals surface area contributed by atoms with E-state index >= 15 is 0 Å². The van der Waals surface area contributed by atoms with Gasteiger partial charge in [-0.3, -0.25) is 0 Å². The fourth-order valence-corrected chi connectivity index (χ4v) is 2.04. The Morgan fingerprint density at radius 2 is 1.85 bits per heavy atom. The van der Waals surface area contributed by atoms with Crippen molar-refractivity contribution in [3.63, 3.8) is 0 Å². The number of aliphatic hydroxyl groups is 2. The minimum absolute atomic E-state index is 0.103. The van der Waals surface area contributed by atoms with Crippen LogP contribution in [-0.2, 0) is 13.2 Å². The van der Waals surface area contributed by atoms with E-state index in [-0.39, 0.29) is 6.61 Å². The monoisotopic (exact) mass is 272 g/mol. The van der Waals surface area contributed by atoms with E-state index in [2.05, 4.69) is 0 Å². The third-order valence-electron chi connectivity index (χ3n) is 3.26. The van der Waals surface area contributed by atoms with Crippen LogP contribution in [-0.4, -0.2) is 10.2 Å². The maximum absolute atomic E-state index is 9.83. The molecule has 2 aromatic carbocycles. The van der Waals surface area contributed by atoms with Gasteiger partial charge in [0.1, 0.15) is 12.4 Å². The molecule has 0 aliphatic rings. The van der Waals surface area contributed by atoms with Crippen molar-refractivity contribution < 1.29 is 14.9 Å². The molecule has 2 rings (SSSR count). The average Bonchev–Trinajstić information content (AvgIpc) is 2.53. The highest BCUT2D eigenvalue weighted by molar-refractivity contribution is 5.38. The Balaban J connectivity index is 2.11. The Labute approximate surface area is 119 Å². The predicted octanol–water partition coefficient (Wildman–Crippen LogP) is 3.20. The molecule has 2 aromatic rings. The lowest BCUT2D eigenvalue weighted by atomic mass is 10.0. The van der Waals surface area contributed by atoms with Crippen molar-refractivity contribution in [2.75, 3.05) is 0 Å². The van der Waals surface area contributed by atoms with E-state index in [1.54, 1.807) is 6.07 Å². The highest BCUT2D eigenvalue weighted by atomic mass is 16.5. The van der Waals surface area contributed by atoms with Crippen LogP contribution in [0.25, 0.3) is 0 Å². The van der Waals surface area contributed by atoms with Crippen molar-refractivity contribution in [3.8, 4) is 5.75 Å². The number of hydrogen-bond acceptors (Lipinski definition) is 3. The summed E-state index contributed by atoms with van der Waals surface area (Å²) >= 11 is 0. The van der Waals surface area contributed by atoms with Gasteiger partial charge >= 0.3 is 0 Å². The largest absolute Gasteiger partial charge is 0.489 e. The fourth-order valence-electron chi connectivity index (χ4n) is 2.04. The molecular formula is C17H20O3. The first kappa shape index (κ1) is 14.6. The van der Waals surface area contributed by atoms with Gasteiger partial charge in [-0.1, -0.05) is 43.3 Å². The molecule has 0 saturated heterocycles. The van der Waals surface area contributed by atoms with Crippen LogP contribution < -0.4 is 4.74 Å². The van der Waals surface area contributed by atoms with Gasteiger partial charge in [0.2, 0.25) is 0 Å². The first-order valence-electron chi connectivity index (χ1n) is 6.83. The van der Waals surface area contributed by atoms with Crippen LogP contribution >= 0.6 is 0 Å². The summed E-state index contributed by atoms with van der Waals surface area (Å²) in [5.74, 6) is 0.656. The van der Waals surface area contributed by atoms with E-state index in [9.17, 15) is 10.2 Å². The highest BCUT2D eigenvalue weighted by Crippen LogP contribution is 2.25. The smallest absolute Gasteiger partial charge is 0.125 e. The van der Waals surface area contributed by atoms with Crippen LogP contribution in [0.2, 0.25) is 0 Å². The molecule has 0 aromatic heterocycles. The summed E-state index contributed by atoms with van der Waals surface area (Å²) in [6, 6.07) is 15.3. The van der Waals surface area contributed by atoms with E-state index in [0.717, 1.165) is 11.1 Å². The van der Waals surface area contributed by atoms with E-state index in [4.69, 9.17) is 4.74 Å². The lowest BCUT2D eigenvalue weighted by molar-refractivity contribution is 0.173. The third-order valence-corrected chi connectivity index (χ3v) is 3.26. The van der Waals surface area contributed by atoms with Crippen molar-refractivity contribution in [2.24, 2.45) is 0 Å². The van der Waals surface area contributed by atoms with Crippen LogP contribution in [0.5, 0.6) is 5.75 Å². The molecule has 0 aliphatic heterocycles. The summed E-state index contributed by atoms with van der Waals surface area (Å²) in [5.41, 5.74) is 2.59. The first-order valence-corrected chi connectivity index (χ1v) is 6.83. The molecule has 0 saturated carbocycles. The summed E-state index contributed by atoms with van der Waals surface area (Å²) in [7, 11) is 0. The zero-order valence-corrected chi connectivity index (χ0v) is 11.6. The Hall–Kier alpha value is -1.84. The second-order valence-corrected chi connectivity index (χ2v) is 4.72. The summed E-state index contributed by atoms with van der Waals surface area (Å²) in [6.45, 7) is 2.28. The normalized spacial score (nSPS) is 12.2. The second kappa shape index (κ2) is 7.08. The van der Waals surface area contributed by atoms with E-state index in [1.807, 2.05) is 49.4 Å². The molecule has 0 unspecified atom stereocenters. The molecular weight excluding hydrogens is 252 g/mol. The number of ether oxygens (including phenoxy) is 1. The Morgan fingerprint density at radius 1 is 1.10 bits per heavy atom. The number of benzene rings is 2. The molecule has 3 heteroatoms. The zero-order chi connectivity index (χ0) is 14.4. The molecule has 106 valence electrons. The minimum Gasteiger partial charge on any atom is -0.489 e. The Kier molecular flexibility index (Phi) is 5.16. The Morgan fingerprint density at radius 3 is 2.50 bits per heavy atom. The summed E-state index contributed by atoms with van der Waals surface area (Å²) in [4.78, 5) is 0. The molecule has 0 fully saturated rings. The first-order chi connectivity index (χ1) is 9.74. The SMILES string of the molecule is CC[C@H](O)c1ccc(OCc2ccccc2)c(CO)c1. The number of aliphatic hydroxyl groups excluding tert-OH is 2. The molecule has 0 heterocycles.